The van der Waals surface area contributed by atoms with E-state index in [9.17, 15) is 10.5 Å². The molecule has 1 saturated carbocycles. The lowest BCUT2D eigenvalue weighted by atomic mass is 9.88. The first-order chi connectivity index (χ1) is 17.1. The van der Waals surface area contributed by atoms with E-state index in [1.165, 1.54) is 10.7 Å². The quantitative estimate of drug-likeness (QED) is 0.485. The number of imidazole rings is 1. The molecule has 1 aliphatic heterocycles. The summed E-state index contributed by atoms with van der Waals surface area (Å²) < 4.78 is 6.67. The lowest BCUT2D eigenvalue weighted by Crippen LogP contribution is -2.35. The van der Waals surface area contributed by atoms with Crippen LogP contribution >= 0.6 is 11.6 Å². The molecule has 0 spiro atoms. The van der Waals surface area contributed by atoms with Crippen LogP contribution in [-0.2, 0) is 4.74 Å². The first-order valence-electron chi connectivity index (χ1n) is 11.7. The second-order valence-corrected chi connectivity index (χ2v) is 9.34. The summed E-state index contributed by atoms with van der Waals surface area (Å²) in [7, 11) is 1.72. The van der Waals surface area contributed by atoms with E-state index < -0.39 is 0 Å². The Hall–Kier alpha value is -3.44. The predicted molar refractivity (Wildman–Crippen MR) is 132 cm³/mol. The molecule has 2 fully saturated rings. The molecule has 0 unspecified atom stereocenters. The number of anilines is 3. The Morgan fingerprint density at radius 2 is 1.97 bits per heavy atom. The molecule has 180 valence electrons. The minimum Gasteiger partial charge on any atom is -0.383 e. The maximum Gasteiger partial charge on any atom is 0.247 e. The van der Waals surface area contributed by atoms with Crippen LogP contribution < -0.4 is 10.6 Å². The molecule has 2 aromatic heterocycles. The van der Waals surface area contributed by atoms with Crippen LogP contribution in [0.25, 0.3) is 5.65 Å². The fourth-order valence-corrected chi connectivity index (χ4v) is 4.75. The number of benzene rings is 1. The molecule has 3 aromatic rings. The highest BCUT2D eigenvalue weighted by Gasteiger charge is 2.26. The summed E-state index contributed by atoms with van der Waals surface area (Å²) in [5.41, 5.74) is 2.85. The third-order valence-corrected chi connectivity index (χ3v) is 6.93. The van der Waals surface area contributed by atoms with Crippen LogP contribution in [0, 0.1) is 22.7 Å². The Morgan fingerprint density at radius 3 is 2.66 bits per heavy atom. The van der Waals surface area contributed by atoms with E-state index in [0.717, 1.165) is 57.5 Å². The molecule has 0 radical (unpaired) electrons. The Bertz CT molecular complexity index is 1310. The van der Waals surface area contributed by atoms with Crippen molar-refractivity contribution in [3.8, 4) is 12.1 Å². The number of piperidine rings is 1. The van der Waals surface area contributed by atoms with Crippen molar-refractivity contribution in [2.45, 2.75) is 37.6 Å². The normalized spacial score (nSPS) is 16.7. The molecule has 1 aromatic carbocycles. The van der Waals surface area contributed by atoms with Gasteiger partial charge in [0.05, 0.1) is 35.1 Å². The van der Waals surface area contributed by atoms with Gasteiger partial charge in [-0.05, 0) is 62.4 Å². The average Bonchev–Trinajstić information content (AvgIpc) is 3.60. The van der Waals surface area contributed by atoms with Gasteiger partial charge >= 0.3 is 0 Å². The van der Waals surface area contributed by atoms with Gasteiger partial charge in [-0.15, -0.1) is 5.10 Å². The number of halogens is 1. The van der Waals surface area contributed by atoms with Gasteiger partial charge in [0.2, 0.25) is 5.95 Å². The summed E-state index contributed by atoms with van der Waals surface area (Å²) in [5.74, 6) is 1.08. The van der Waals surface area contributed by atoms with Crippen LogP contribution in [-0.4, -0.2) is 63.9 Å². The monoisotopic (exact) mass is 491 g/mol. The summed E-state index contributed by atoms with van der Waals surface area (Å²) in [6.07, 6.45) is 5.52. The molecule has 11 heteroatoms. The van der Waals surface area contributed by atoms with E-state index in [0.29, 0.717) is 39.5 Å². The third-order valence-electron chi connectivity index (χ3n) is 6.51. The van der Waals surface area contributed by atoms with Crippen LogP contribution in [0.15, 0.2) is 18.3 Å². The van der Waals surface area contributed by atoms with Crippen LogP contribution in [0.1, 0.15) is 48.4 Å². The van der Waals surface area contributed by atoms with Crippen molar-refractivity contribution in [3.63, 3.8) is 0 Å². The number of rotatable bonds is 8. The molecule has 5 rings (SSSR count). The topological polar surface area (TPSA) is 127 Å². The molecule has 3 heterocycles. The van der Waals surface area contributed by atoms with E-state index >= 15 is 0 Å². The van der Waals surface area contributed by atoms with Gasteiger partial charge in [-0.1, -0.05) is 11.6 Å². The fraction of sp³-hybridized carbons (Fsp3) is 0.458. The highest BCUT2D eigenvalue weighted by Crippen LogP contribution is 2.38. The molecule has 2 aliphatic rings. The highest BCUT2D eigenvalue weighted by molar-refractivity contribution is 6.34. The number of aromatic nitrogens is 4. The van der Waals surface area contributed by atoms with Gasteiger partial charge in [0.1, 0.15) is 6.07 Å². The van der Waals surface area contributed by atoms with Crippen molar-refractivity contribution in [3.05, 3.63) is 40.2 Å². The van der Waals surface area contributed by atoms with E-state index in [1.807, 2.05) is 6.07 Å². The molecule has 1 saturated heterocycles. The lowest BCUT2D eigenvalue weighted by Gasteiger charge is -2.32. The van der Waals surface area contributed by atoms with Gasteiger partial charge < -0.3 is 20.3 Å². The second kappa shape index (κ2) is 10.0. The number of ether oxygens (including phenoxy) is 1. The van der Waals surface area contributed by atoms with E-state index in [1.54, 1.807) is 13.2 Å². The number of hydrogen-bond acceptors (Lipinski definition) is 9. The van der Waals surface area contributed by atoms with Crippen molar-refractivity contribution in [1.82, 2.24) is 24.5 Å². The van der Waals surface area contributed by atoms with Gasteiger partial charge in [-0.3, -0.25) is 0 Å². The zero-order valence-electron chi connectivity index (χ0n) is 19.5. The first-order valence-corrected chi connectivity index (χ1v) is 12.1. The molecule has 1 aliphatic carbocycles. The summed E-state index contributed by atoms with van der Waals surface area (Å²) in [6.45, 7) is 3.54. The number of likely N-dealkylation sites (tertiary alicyclic amines) is 1. The molecule has 2 N–H and O–H groups in total. The van der Waals surface area contributed by atoms with E-state index in [4.69, 9.17) is 16.3 Å². The molecule has 10 nitrogen and oxygen atoms in total. The fourth-order valence-electron chi connectivity index (χ4n) is 4.44. The van der Waals surface area contributed by atoms with Crippen molar-refractivity contribution in [1.29, 1.82) is 10.5 Å². The second-order valence-electron chi connectivity index (χ2n) is 8.97. The smallest absolute Gasteiger partial charge is 0.247 e. The first kappa shape index (κ1) is 23.3. The Labute approximate surface area is 208 Å². The lowest BCUT2D eigenvalue weighted by molar-refractivity contribution is 0.130. The summed E-state index contributed by atoms with van der Waals surface area (Å²) >= 11 is 6.88. The molecule has 0 amide bonds. The molecule has 35 heavy (non-hydrogen) atoms. The Kier molecular flexibility index (Phi) is 6.69. The molecule has 0 bridgehead atoms. The zero-order chi connectivity index (χ0) is 24.4. The Balaban J connectivity index is 1.45. The number of fused-ring (bicyclic) bond motifs is 1. The standard InChI is InChI=1S/C24H26ClN9O/c1-35-9-8-33-6-4-16(5-7-33)19-10-15(12-26)11-20(21(19)25)30-24-31-22(29-17-2-3-17)23-28-14-18(13-27)34(23)32-24/h10-11,14,16-17H,2-9H2,1H3,(H2,29,30,31,32). The largest absolute Gasteiger partial charge is 0.383 e. The number of nitrogens with one attached hydrogen (secondary N) is 2. The van der Waals surface area contributed by atoms with Gasteiger partial charge in [-0.25, -0.2) is 4.98 Å². The maximum atomic E-state index is 9.68. The minimum atomic E-state index is 0.254. The van der Waals surface area contributed by atoms with E-state index in [-0.39, 0.29) is 11.9 Å². The summed E-state index contributed by atoms with van der Waals surface area (Å²) in [5, 5.41) is 30.7. The number of hydrogen-bond donors (Lipinski definition) is 2. The minimum absolute atomic E-state index is 0.254. The number of nitrogens with zero attached hydrogens (tertiary/aromatic N) is 7. The van der Waals surface area contributed by atoms with Crippen molar-refractivity contribution < 1.29 is 4.74 Å². The van der Waals surface area contributed by atoms with Crippen LogP contribution in [0.2, 0.25) is 5.02 Å². The van der Waals surface area contributed by atoms with Crippen molar-refractivity contribution in [2.24, 2.45) is 0 Å². The van der Waals surface area contributed by atoms with Crippen LogP contribution in [0.3, 0.4) is 0 Å². The molecular weight excluding hydrogens is 466 g/mol. The molecule has 0 atom stereocenters. The maximum absolute atomic E-state index is 9.68. The number of nitriles is 2. The average molecular weight is 492 g/mol. The van der Waals surface area contributed by atoms with Gasteiger partial charge in [0, 0.05) is 19.7 Å². The van der Waals surface area contributed by atoms with E-state index in [2.05, 4.69) is 42.7 Å². The third kappa shape index (κ3) is 5.01. The van der Waals surface area contributed by atoms with Gasteiger partial charge in [0.25, 0.3) is 0 Å². The van der Waals surface area contributed by atoms with Gasteiger partial charge in [-0.2, -0.15) is 20.0 Å². The SMILES string of the molecule is COCCN1CCC(c2cc(C#N)cc(Nc3nc(NC4CC4)c4ncc(C#N)n4n3)c2Cl)CC1. The highest BCUT2D eigenvalue weighted by atomic mass is 35.5. The van der Waals surface area contributed by atoms with Crippen molar-refractivity contribution in [2.75, 3.05) is 44.0 Å². The van der Waals surface area contributed by atoms with Crippen LogP contribution in [0.5, 0.6) is 0 Å². The Morgan fingerprint density at radius 1 is 1.17 bits per heavy atom. The van der Waals surface area contributed by atoms with Crippen molar-refractivity contribution >= 4 is 34.7 Å². The summed E-state index contributed by atoms with van der Waals surface area (Å²) in [6, 6.07) is 8.30. The zero-order valence-corrected chi connectivity index (χ0v) is 20.2. The van der Waals surface area contributed by atoms with Crippen LogP contribution in [0.4, 0.5) is 17.5 Å². The van der Waals surface area contributed by atoms with Gasteiger partial charge in [0.15, 0.2) is 17.2 Å². The molecular formula is C24H26ClN9O. The summed E-state index contributed by atoms with van der Waals surface area (Å²) in [4.78, 5) is 11.3. The number of methoxy groups -OCH3 is 1. The predicted octanol–water partition coefficient (Wildman–Crippen LogP) is 3.66.